The topological polar surface area (TPSA) is 98.4 Å². The normalized spacial score (nSPS) is 21.6. The summed E-state index contributed by atoms with van der Waals surface area (Å²) < 4.78 is 5.63. The Bertz CT molecular complexity index is 546. The summed E-state index contributed by atoms with van der Waals surface area (Å²) in [5.41, 5.74) is 5.81. The van der Waals surface area contributed by atoms with E-state index in [-0.39, 0.29) is 18.2 Å². The number of rotatable bonds is 5. The summed E-state index contributed by atoms with van der Waals surface area (Å²) in [6.45, 7) is 2.91. The summed E-state index contributed by atoms with van der Waals surface area (Å²) in [5.74, 6) is -0.517. The van der Waals surface area contributed by atoms with Crippen LogP contribution in [0.2, 0.25) is 0 Å². The Morgan fingerprint density at radius 1 is 1.41 bits per heavy atom. The van der Waals surface area contributed by atoms with Gasteiger partial charge in [0.2, 0.25) is 5.91 Å². The molecule has 0 aliphatic carbocycles. The van der Waals surface area contributed by atoms with E-state index in [0.29, 0.717) is 25.2 Å². The minimum absolute atomic E-state index is 0.160. The SMILES string of the molecule is CO[C@@]1(CCC(N)=O)CCCN(C(=O)c2ccc(C)nn2)C1. The van der Waals surface area contributed by atoms with E-state index in [4.69, 9.17) is 10.5 Å². The van der Waals surface area contributed by atoms with Gasteiger partial charge >= 0.3 is 0 Å². The van der Waals surface area contributed by atoms with Gasteiger partial charge in [-0.05, 0) is 38.3 Å². The monoisotopic (exact) mass is 306 g/mol. The molecule has 0 bridgehead atoms. The van der Waals surface area contributed by atoms with Gasteiger partial charge in [0.05, 0.1) is 17.8 Å². The van der Waals surface area contributed by atoms with Crippen molar-refractivity contribution in [2.24, 2.45) is 5.73 Å². The van der Waals surface area contributed by atoms with Crippen molar-refractivity contribution in [1.82, 2.24) is 15.1 Å². The summed E-state index contributed by atoms with van der Waals surface area (Å²) in [6, 6.07) is 3.44. The fourth-order valence-electron chi connectivity index (χ4n) is 2.77. The van der Waals surface area contributed by atoms with Crippen molar-refractivity contribution in [2.75, 3.05) is 20.2 Å². The van der Waals surface area contributed by atoms with Gasteiger partial charge in [0.15, 0.2) is 5.69 Å². The van der Waals surface area contributed by atoms with E-state index in [1.165, 1.54) is 0 Å². The molecule has 120 valence electrons. The van der Waals surface area contributed by atoms with Crippen LogP contribution in [0.4, 0.5) is 0 Å². The molecule has 7 heteroatoms. The van der Waals surface area contributed by atoms with E-state index in [0.717, 1.165) is 18.5 Å². The number of ether oxygens (including phenoxy) is 1. The van der Waals surface area contributed by atoms with Crippen molar-refractivity contribution in [3.05, 3.63) is 23.5 Å². The van der Waals surface area contributed by atoms with Gasteiger partial charge < -0.3 is 15.4 Å². The minimum atomic E-state index is -0.513. The highest BCUT2D eigenvalue weighted by Gasteiger charge is 2.37. The van der Waals surface area contributed by atoms with Crippen LogP contribution in [0.1, 0.15) is 41.9 Å². The van der Waals surface area contributed by atoms with Gasteiger partial charge in [-0.15, -0.1) is 5.10 Å². The quantitative estimate of drug-likeness (QED) is 0.862. The lowest BCUT2D eigenvalue weighted by molar-refractivity contribution is -0.121. The van der Waals surface area contributed by atoms with Crippen molar-refractivity contribution in [3.63, 3.8) is 0 Å². The fraction of sp³-hybridized carbons (Fsp3) is 0.600. The Hall–Kier alpha value is -2.02. The maximum absolute atomic E-state index is 12.5. The van der Waals surface area contributed by atoms with Crippen LogP contribution in [0.3, 0.4) is 0 Å². The summed E-state index contributed by atoms with van der Waals surface area (Å²) in [6.07, 6.45) is 2.39. The molecule has 1 aliphatic heterocycles. The first-order valence-corrected chi connectivity index (χ1v) is 7.39. The molecule has 0 saturated carbocycles. The Labute approximate surface area is 129 Å². The van der Waals surface area contributed by atoms with Crippen LogP contribution in [0.5, 0.6) is 0 Å². The number of likely N-dealkylation sites (tertiary alicyclic amines) is 1. The number of carbonyl (C=O) groups is 2. The molecule has 1 aliphatic rings. The average molecular weight is 306 g/mol. The molecule has 1 saturated heterocycles. The first kappa shape index (κ1) is 16.4. The lowest BCUT2D eigenvalue weighted by Gasteiger charge is -2.41. The zero-order chi connectivity index (χ0) is 16.2. The summed E-state index contributed by atoms with van der Waals surface area (Å²) in [7, 11) is 1.61. The minimum Gasteiger partial charge on any atom is -0.376 e. The van der Waals surface area contributed by atoms with E-state index in [9.17, 15) is 9.59 Å². The molecule has 1 aromatic rings. The van der Waals surface area contributed by atoms with E-state index in [2.05, 4.69) is 10.2 Å². The highest BCUT2D eigenvalue weighted by atomic mass is 16.5. The second-order valence-electron chi connectivity index (χ2n) is 5.74. The highest BCUT2D eigenvalue weighted by Crippen LogP contribution is 2.29. The van der Waals surface area contributed by atoms with Crippen molar-refractivity contribution in [3.8, 4) is 0 Å². The molecule has 0 spiro atoms. The molecule has 0 aromatic carbocycles. The van der Waals surface area contributed by atoms with Gasteiger partial charge in [-0.25, -0.2) is 0 Å². The molecule has 0 radical (unpaired) electrons. The fourth-order valence-corrected chi connectivity index (χ4v) is 2.77. The largest absolute Gasteiger partial charge is 0.376 e. The molecule has 2 rings (SSSR count). The third kappa shape index (κ3) is 3.79. The summed E-state index contributed by atoms with van der Waals surface area (Å²) in [5, 5.41) is 7.87. The Morgan fingerprint density at radius 2 is 2.18 bits per heavy atom. The van der Waals surface area contributed by atoms with Crippen LogP contribution in [0, 0.1) is 6.92 Å². The zero-order valence-electron chi connectivity index (χ0n) is 13.0. The van der Waals surface area contributed by atoms with E-state index in [1.807, 2.05) is 6.92 Å². The lowest BCUT2D eigenvalue weighted by Crippen LogP contribution is -2.51. The number of amides is 2. The Kier molecular flexibility index (Phi) is 5.07. The van der Waals surface area contributed by atoms with Crippen LogP contribution < -0.4 is 5.73 Å². The number of aryl methyl sites for hydroxylation is 1. The van der Waals surface area contributed by atoms with Gasteiger partial charge in [-0.1, -0.05) is 0 Å². The molecular weight excluding hydrogens is 284 g/mol. The number of hydrogen-bond acceptors (Lipinski definition) is 5. The predicted octanol–water partition coefficient (Wildman–Crippen LogP) is 0.672. The van der Waals surface area contributed by atoms with Gasteiger partial charge in [0.25, 0.3) is 5.91 Å². The van der Waals surface area contributed by atoms with Crippen LogP contribution >= 0.6 is 0 Å². The lowest BCUT2D eigenvalue weighted by atomic mass is 9.87. The van der Waals surface area contributed by atoms with Crippen LogP contribution in [0.15, 0.2) is 12.1 Å². The number of carbonyl (C=O) groups excluding carboxylic acids is 2. The van der Waals surface area contributed by atoms with Crippen molar-refractivity contribution in [2.45, 2.75) is 38.2 Å². The van der Waals surface area contributed by atoms with Crippen LogP contribution in [0.25, 0.3) is 0 Å². The van der Waals surface area contributed by atoms with Crippen molar-refractivity contribution >= 4 is 11.8 Å². The van der Waals surface area contributed by atoms with Gasteiger partial charge in [0, 0.05) is 20.1 Å². The highest BCUT2D eigenvalue weighted by molar-refractivity contribution is 5.92. The molecule has 1 aromatic heterocycles. The maximum Gasteiger partial charge on any atom is 0.274 e. The molecule has 2 heterocycles. The zero-order valence-corrected chi connectivity index (χ0v) is 13.0. The second kappa shape index (κ2) is 6.83. The predicted molar refractivity (Wildman–Crippen MR) is 80.1 cm³/mol. The Morgan fingerprint density at radius 3 is 2.77 bits per heavy atom. The number of primary amides is 1. The number of nitrogens with zero attached hydrogens (tertiary/aromatic N) is 3. The van der Waals surface area contributed by atoms with Gasteiger partial charge in [0.1, 0.15) is 0 Å². The number of hydrogen-bond donors (Lipinski definition) is 1. The molecule has 22 heavy (non-hydrogen) atoms. The molecule has 7 nitrogen and oxygen atoms in total. The third-order valence-electron chi connectivity index (χ3n) is 4.10. The molecule has 1 fully saturated rings. The Balaban J connectivity index is 2.09. The number of nitrogens with two attached hydrogens (primary N) is 1. The number of methoxy groups -OCH3 is 1. The summed E-state index contributed by atoms with van der Waals surface area (Å²) >= 11 is 0. The number of aromatic nitrogens is 2. The molecule has 0 unspecified atom stereocenters. The first-order chi connectivity index (χ1) is 10.5. The van der Waals surface area contributed by atoms with Crippen molar-refractivity contribution in [1.29, 1.82) is 0 Å². The standard InChI is InChI=1S/C15H22N4O3/c1-11-4-5-12(18-17-11)14(21)19-9-3-7-15(10-19,22-2)8-6-13(16)20/h4-5H,3,6-10H2,1-2H3,(H2,16,20)/t15-/m1/s1. The first-order valence-electron chi connectivity index (χ1n) is 7.39. The maximum atomic E-state index is 12.5. The molecule has 2 N–H and O–H groups in total. The number of piperidine rings is 1. The van der Waals surface area contributed by atoms with Crippen LogP contribution in [-0.4, -0.2) is 52.7 Å². The smallest absolute Gasteiger partial charge is 0.274 e. The van der Waals surface area contributed by atoms with Crippen molar-refractivity contribution < 1.29 is 14.3 Å². The summed E-state index contributed by atoms with van der Waals surface area (Å²) in [4.78, 5) is 25.3. The van der Waals surface area contributed by atoms with E-state index >= 15 is 0 Å². The second-order valence-corrected chi connectivity index (χ2v) is 5.74. The average Bonchev–Trinajstić information content (AvgIpc) is 2.53. The van der Waals surface area contributed by atoms with E-state index in [1.54, 1.807) is 24.1 Å². The third-order valence-corrected chi connectivity index (χ3v) is 4.10. The van der Waals surface area contributed by atoms with Gasteiger partial charge in [-0.2, -0.15) is 5.10 Å². The van der Waals surface area contributed by atoms with Gasteiger partial charge in [-0.3, -0.25) is 9.59 Å². The molecule has 1 atom stereocenters. The molecule has 2 amide bonds. The van der Waals surface area contributed by atoms with Crippen LogP contribution in [-0.2, 0) is 9.53 Å². The van der Waals surface area contributed by atoms with E-state index < -0.39 is 5.60 Å². The molecular formula is C15H22N4O3.